The summed E-state index contributed by atoms with van der Waals surface area (Å²) in [6.07, 6.45) is 0. The van der Waals surface area contributed by atoms with Gasteiger partial charge < -0.3 is 4.74 Å². The smallest absolute Gasteiger partial charge is 0.349 e. The van der Waals surface area contributed by atoms with Crippen molar-refractivity contribution in [2.45, 2.75) is 6.92 Å². The summed E-state index contributed by atoms with van der Waals surface area (Å²) in [7, 11) is 0. The molecule has 1 rings (SSSR count). The summed E-state index contributed by atoms with van der Waals surface area (Å²) in [5.74, 6) is -0.491. The highest BCUT2D eigenvalue weighted by Gasteiger charge is 2.20. The molecule has 9 heavy (non-hydrogen) atoms. The molecule has 3 nitrogen and oxygen atoms in total. The molecule has 0 saturated carbocycles. The quantitative estimate of drug-likeness (QED) is 0.437. The van der Waals surface area contributed by atoms with E-state index in [0.717, 1.165) is 5.57 Å². The molecular weight excluding hydrogens is 118 g/mol. The largest absolute Gasteiger partial charge is 0.457 e. The van der Waals surface area contributed by atoms with Gasteiger partial charge in [-0.3, -0.25) is 0 Å². The van der Waals surface area contributed by atoms with Gasteiger partial charge in [-0.15, -0.1) is 0 Å². The van der Waals surface area contributed by atoms with Crippen molar-refractivity contribution < 1.29 is 9.53 Å². The first-order chi connectivity index (χ1) is 4.25. The molecule has 0 unspecified atom stereocenters. The maximum Gasteiger partial charge on any atom is 0.349 e. The Kier molecular flexibility index (Phi) is 1.23. The van der Waals surface area contributed by atoms with Gasteiger partial charge in [0.2, 0.25) is 0 Å². The van der Waals surface area contributed by atoms with E-state index < -0.39 is 5.97 Å². The Morgan fingerprint density at radius 2 is 2.44 bits per heavy atom. The predicted octanol–water partition coefficient (Wildman–Crippen LogP) is 0.383. The molecule has 0 aromatic heterocycles. The van der Waals surface area contributed by atoms with Crippen molar-refractivity contribution in [3.63, 3.8) is 0 Å². The molecule has 0 radical (unpaired) electrons. The Balaban J connectivity index is 2.99. The molecular formula is C6H5NO2. The van der Waals surface area contributed by atoms with Crippen LogP contribution in [0.2, 0.25) is 0 Å². The number of ether oxygens (including phenoxy) is 1. The SMILES string of the molecule is CC1=C(C#N)C(=O)OC1. The van der Waals surface area contributed by atoms with Crippen LogP contribution in [-0.2, 0) is 9.53 Å². The van der Waals surface area contributed by atoms with Crippen LogP contribution in [-0.4, -0.2) is 12.6 Å². The van der Waals surface area contributed by atoms with Crippen LogP contribution in [0.25, 0.3) is 0 Å². The lowest BCUT2D eigenvalue weighted by atomic mass is 10.2. The van der Waals surface area contributed by atoms with Crippen molar-refractivity contribution in [1.82, 2.24) is 0 Å². The molecule has 0 aliphatic carbocycles. The second kappa shape index (κ2) is 1.90. The Hall–Kier alpha value is -1.30. The summed E-state index contributed by atoms with van der Waals surface area (Å²) in [6.45, 7) is 1.99. The van der Waals surface area contributed by atoms with Crippen LogP contribution >= 0.6 is 0 Å². The molecule has 1 aliphatic heterocycles. The van der Waals surface area contributed by atoms with Gasteiger partial charge in [-0.05, 0) is 12.5 Å². The average molecular weight is 123 g/mol. The van der Waals surface area contributed by atoms with E-state index >= 15 is 0 Å². The number of rotatable bonds is 0. The zero-order valence-electron chi connectivity index (χ0n) is 4.97. The highest BCUT2D eigenvalue weighted by Crippen LogP contribution is 2.12. The maximum atomic E-state index is 10.5. The van der Waals surface area contributed by atoms with Crippen LogP contribution in [0, 0.1) is 11.3 Å². The van der Waals surface area contributed by atoms with E-state index in [1.165, 1.54) is 0 Å². The lowest BCUT2D eigenvalue weighted by Gasteiger charge is -1.85. The number of cyclic esters (lactones) is 1. The van der Waals surface area contributed by atoms with E-state index in [-0.39, 0.29) is 12.2 Å². The van der Waals surface area contributed by atoms with Crippen LogP contribution in [0.4, 0.5) is 0 Å². The molecule has 3 heteroatoms. The van der Waals surface area contributed by atoms with E-state index in [4.69, 9.17) is 5.26 Å². The Labute approximate surface area is 52.5 Å². The summed E-state index contributed by atoms with van der Waals surface area (Å²) in [5, 5.41) is 8.30. The van der Waals surface area contributed by atoms with Gasteiger partial charge in [-0.1, -0.05) is 0 Å². The molecule has 0 atom stereocenters. The molecule has 0 N–H and O–H groups in total. The number of nitrogens with zero attached hydrogens (tertiary/aromatic N) is 1. The van der Waals surface area contributed by atoms with Crippen LogP contribution < -0.4 is 0 Å². The zero-order valence-corrected chi connectivity index (χ0v) is 4.97. The fourth-order valence-electron chi connectivity index (χ4n) is 0.633. The fraction of sp³-hybridized carbons (Fsp3) is 0.333. The molecule has 0 spiro atoms. The van der Waals surface area contributed by atoms with Crippen molar-refractivity contribution in [1.29, 1.82) is 5.26 Å². The van der Waals surface area contributed by atoms with Crippen LogP contribution in [0.1, 0.15) is 6.92 Å². The van der Waals surface area contributed by atoms with Crippen molar-refractivity contribution in [3.05, 3.63) is 11.1 Å². The first-order valence-corrected chi connectivity index (χ1v) is 2.52. The second-order valence-corrected chi connectivity index (χ2v) is 1.84. The minimum Gasteiger partial charge on any atom is -0.457 e. The van der Waals surface area contributed by atoms with Crippen LogP contribution in [0.15, 0.2) is 11.1 Å². The lowest BCUT2D eigenvalue weighted by Crippen LogP contribution is -1.96. The maximum absolute atomic E-state index is 10.5. The summed E-state index contributed by atoms with van der Waals surface area (Å²) >= 11 is 0. The van der Waals surface area contributed by atoms with Gasteiger partial charge in [0.1, 0.15) is 18.2 Å². The number of nitriles is 1. The van der Waals surface area contributed by atoms with Gasteiger partial charge in [0.25, 0.3) is 0 Å². The molecule has 1 heterocycles. The first kappa shape index (κ1) is 5.83. The van der Waals surface area contributed by atoms with E-state index in [2.05, 4.69) is 4.74 Å². The summed E-state index contributed by atoms with van der Waals surface area (Å²) in [6, 6.07) is 1.77. The van der Waals surface area contributed by atoms with Crippen molar-refractivity contribution in [3.8, 4) is 6.07 Å². The molecule has 46 valence electrons. The zero-order chi connectivity index (χ0) is 6.85. The third-order valence-electron chi connectivity index (χ3n) is 1.16. The second-order valence-electron chi connectivity index (χ2n) is 1.84. The lowest BCUT2D eigenvalue weighted by molar-refractivity contribution is -0.135. The van der Waals surface area contributed by atoms with Crippen molar-refractivity contribution in [2.24, 2.45) is 0 Å². The minimum absolute atomic E-state index is 0.162. The number of carbonyl (C=O) groups is 1. The average Bonchev–Trinajstić information content (AvgIpc) is 2.12. The van der Waals surface area contributed by atoms with Crippen molar-refractivity contribution in [2.75, 3.05) is 6.61 Å². The van der Waals surface area contributed by atoms with Crippen LogP contribution in [0.3, 0.4) is 0 Å². The van der Waals surface area contributed by atoms with E-state index in [1.54, 1.807) is 13.0 Å². The van der Waals surface area contributed by atoms with Gasteiger partial charge >= 0.3 is 5.97 Å². The Bertz CT molecular complexity index is 222. The number of esters is 1. The summed E-state index contributed by atoms with van der Waals surface area (Å²) in [4.78, 5) is 10.5. The topological polar surface area (TPSA) is 50.1 Å². The number of carbonyl (C=O) groups excluding carboxylic acids is 1. The highest BCUT2D eigenvalue weighted by molar-refractivity contribution is 5.95. The third-order valence-corrected chi connectivity index (χ3v) is 1.16. The Morgan fingerprint density at radius 3 is 2.67 bits per heavy atom. The molecule has 0 amide bonds. The molecule has 0 saturated heterocycles. The third kappa shape index (κ3) is 0.789. The van der Waals surface area contributed by atoms with Gasteiger partial charge in [0, 0.05) is 0 Å². The normalized spacial score (nSPS) is 17.6. The molecule has 0 bridgehead atoms. The summed E-state index contributed by atoms with van der Waals surface area (Å²) < 4.78 is 4.53. The van der Waals surface area contributed by atoms with Crippen LogP contribution in [0.5, 0.6) is 0 Å². The minimum atomic E-state index is -0.491. The van der Waals surface area contributed by atoms with E-state index in [0.29, 0.717) is 0 Å². The number of hydrogen-bond donors (Lipinski definition) is 0. The van der Waals surface area contributed by atoms with E-state index in [1.807, 2.05) is 0 Å². The fourth-order valence-corrected chi connectivity index (χ4v) is 0.633. The van der Waals surface area contributed by atoms with Gasteiger partial charge in [0.05, 0.1) is 0 Å². The standard InChI is InChI=1S/C6H5NO2/c1-4-3-9-6(8)5(4)2-7/h3H2,1H3. The monoisotopic (exact) mass is 123 g/mol. The number of hydrogen-bond acceptors (Lipinski definition) is 3. The summed E-state index contributed by atoms with van der Waals surface area (Å²) in [5.41, 5.74) is 0.887. The van der Waals surface area contributed by atoms with Gasteiger partial charge in [0.15, 0.2) is 0 Å². The van der Waals surface area contributed by atoms with Gasteiger partial charge in [-0.25, -0.2) is 4.79 Å². The predicted molar refractivity (Wildman–Crippen MR) is 29.3 cm³/mol. The molecule has 0 aromatic carbocycles. The molecule has 1 aliphatic rings. The van der Waals surface area contributed by atoms with E-state index in [9.17, 15) is 4.79 Å². The highest BCUT2D eigenvalue weighted by atomic mass is 16.5. The Morgan fingerprint density at radius 1 is 1.78 bits per heavy atom. The van der Waals surface area contributed by atoms with Gasteiger partial charge in [-0.2, -0.15) is 5.26 Å². The van der Waals surface area contributed by atoms with Crippen molar-refractivity contribution >= 4 is 5.97 Å². The first-order valence-electron chi connectivity index (χ1n) is 2.52. The molecule has 0 fully saturated rings. The molecule has 0 aromatic rings.